The van der Waals surface area contributed by atoms with Gasteiger partial charge in [-0.3, -0.25) is 0 Å². The van der Waals surface area contributed by atoms with Gasteiger partial charge in [-0.1, -0.05) is 19.8 Å². The van der Waals surface area contributed by atoms with Crippen LogP contribution in [0.5, 0.6) is 0 Å². The van der Waals surface area contributed by atoms with Gasteiger partial charge in [-0.25, -0.2) is 18.5 Å². The predicted molar refractivity (Wildman–Crippen MR) is 98.0 cm³/mol. The van der Waals surface area contributed by atoms with Crippen LogP contribution in [0.15, 0.2) is 33.6 Å². The van der Waals surface area contributed by atoms with Crippen molar-refractivity contribution in [2.75, 3.05) is 6.61 Å². The molecule has 1 heterocycles. The van der Waals surface area contributed by atoms with Gasteiger partial charge in [0.2, 0.25) is 10.0 Å². The van der Waals surface area contributed by atoms with E-state index < -0.39 is 10.0 Å². The van der Waals surface area contributed by atoms with Crippen molar-refractivity contribution in [2.45, 2.75) is 25.7 Å². The van der Waals surface area contributed by atoms with Gasteiger partial charge in [-0.15, -0.1) is 6.42 Å². The van der Waals surface area contributed by atoms with E-state index in [0.717, 1.165) is 11.3 Å². The van der Waals surface area contributed by atoms with Crippen molar-refractivity contribution in [2.24, 2.45) is 5.14 Å². The van der Waals surface area contributed by atoms with Crippen molar-refractivity contribution in [1.29, 1.82) is 0 Å². The third-order valence-electron chi connectivity index (χ3n) is 2.31. The molecule has 1 aromatic heterocycles. The summed E-state index contributed by atoms with van der Waals surface area (Å²) in [6.07, 6.45) is 4.53. The zero-order chi connectivity index (χ0) is 18.0. The Kier molecular flexibility index (Phi) is 9.74. The highest BCUT2D eigenvalue weighted by Gasteiger charge is 2.12. The van der Waals surface area contributed by atoms with Crippen LogP contribution in [-0.4, -0.2) is 25.1 Å². The lowest BCUT2D eigenvalue weighted by Gasteiger charge is -2.00. The molecule has 0 saturated carbocycles. The standard InChI is InChI=1S/C10H9IN2O3S.C3H4O.C2H6/c1-6-9(16-10(11)13-6)7-2-4-8(5-3-7)17(12,14)15;1-2-3-4;1-2/h2-5H,1H3,(H2,12,14,15);1,4H,3H2;1-2H3. The van der Waals surface area contributed by atoms with E-state index in [4.69, 9.17) is 14.7 Å². The number of hydrogen-bond donors (Lipinski definition) is 2. The van der Waals surface area contributed by atoms with Crippen LogP contribution < -0.4 is 5.14 Å². The maximum atomic E-state index is 11.1. The third kappa shape index (κ3) is 7.13. The summed E-state index contributed by atoms with van der Waals surface area (Å²) < 4.78 is 28.2. The SMILES string of the molecule is C#CCO.CC.Cc1nc(I)oc1-c1ccc(S(N)(=O)=O)cc1. The smallest absolute Gasteiger partial charge is 0.257 e. The van der Waals surface area contributed by atoms with Crippen LogP contribution >= 0.6 is 22.6 Å². The van der Waals surface area contributed by atoms with Crippen LogP contribution in [0.1, 0.15) is 19.5 Å². The van der Waals surface area contributed by atoms with Crippen LogP contribution in [0.25, 0.3) is 11.3 Å². The summed E-state index contributed by atoms with van der Waals surface area (Å²) in [6, 6.07) is 6.17. The van der Waals surface area contributed by atoms with Crippen LogP contribution in [0.4, 0.5) is 0 Å². The number of sulfonamides is 1. The van der Waals surface area contributed by atoms with Crippen molar-refractivity contribution in [3.63, 3.8) is 0 Å². The van der Waals surface area contributed by atoms with Gasteiger partial charge in [0.1, 0.15) is 6.61 Å². The molecule has 6 nitrogen and oxygen atoms in total. The second-order valence-corrected chi connectivity index (χ2v) is 6.30. The maximum absolute atomic E-state index is 11.1. The first-order valence-corrected chi connectivity index (χ1v) is 9.22. The number of aliphatic hydroxyl groups excluding tert-OH is 1. The van der Waals surface area contributed by atoms with E-state index in [1.54, 1.807) is 12.1 Å². The molecule has 0 aliphatic carbocycles. The highest BCUT2D eigenvalue weighted by atomic mass is 127. The van der Waals surface area contributed by atoms with Gasteiger partial charge in [0.15, 0.2) is 5.76 Å². The van der Waals surface area contributed by atoms with Crippen LogP contribution in [0.2, 0.25) is 0 Å². The highest BCUT2D eigenvalue weighted by molar-refractivity contribution is 14.1. The Balaban J connectivity index is 0.000000705. The quantitative estimate of drug-likeness (QED) is 0.541. The van der Waals surface area contributed by atoms with E-state index in [1.165, 1.54) is 12.1 Å². The summed E-state index contributed by atoms with van der Waals surface area (Å²) in [7, 11) is -3.65. The number of aliphatic hydroxyl groups is 1. The maximum Gasteiger partial charge on any atom is 0.257 e. The van der Waals surface area contributed by atoms with Crippen molar-refractivity contribution in [3.8, 4) is 23.7 Å². The van der Waals surface area contributed by atoms with Crippen molar-refractivity contribution < 1.29 is 17.9 Å². The number of nitrogens with two attached hydrogens (primary N) is 1. The molecule has 23 heavy (non-hydrogen) atoms. The Morgan fingerprint density at radius 3 is 2.13 bits per heavy atom. The number of rotatable bonds is 2. The monoisotopic (exact) mass is 450 g/mol. The molecule has 2 rings (SSSR count). The Morgan fingerprint density at radius 2 is 1.83 bits per heavy atom. The summed E-state index contributed by atoms with van der Waals surface area (Å²) in [5.74, 6) is 2.62. The summed E-state index contributed by atoms with van der Waals surface area (Å²) in [6.45, 7) is 5.68. The van der Waals surface area contributed by atoms with E-state index in [1.807, 2.05) is 49.3 Å². The van der Waals surface area contributed by atoms with Crippen molar-refractivity contribution >= 4 is 32.6 Å². The molecular weight excluding hydrogens is 431 g/mol. The van der Waals surface area contributed by atoms with Gasteiger partial charge in [-0.2, -0.15) is 0 Å². The van der Waals surface area contributed by atoms with Crippen molar-refractivity contribution in [1.82, 2.24) is 4.98 Å². The molecule has 1 aromatic carbocycles. The van der Waals surface area contributed by atoms with Crippen LogP contribution in [0.3, 0.4) is 0 Å². The number of nitrogens with zero attached hydrogens (tertiary/aromatic N) is 1. The normalized spacial score (nSPS) is 9.78. The minimum absolute atomic E-state index is 0.0770. The van der Waals surface area contributed by atoms with Gasteiger partial charge in [-0.05, 0) is 31.2 Å². The number of halogens is 1. The topological polar surface area (TPSA) is 106 Å². The number of benzene rings is 1. The fraction of sp³-hybridized carbons (Fsp3) is 0.267. The number of terminal acetylenes is 1. The average Bonchev–Trinajstić information content (AvgIpc) is 2.87. The van der Waals surface area contributed by atoms with E-state index in [2.05, 4.69) is 11.4 Å². The minimum atomic E-state index is -3.65. The van der Waals surface area contributed by atoms with E-state index in [-0.39, 0.29) is 11.5 Å². The third-order valence-corrected chi connectivity index (χ3v) is 3.70. The number of oxazole rings is 1. The average molecular weight is 450 g/mol. The molecule has 2 aromatic rings. The lowest BCUT2D eigenvalue weighted by molar-refractivity contribution is 0.351. The van der Waals surface area contributed by atoms with E-state index in [9.17, 15) is 8.42 Å². The molecule has 8 heteroatoms. The van der Waals surface area contributed by atoms with Crippen LogP contribution in [0, 0.1) is 23.2 Å². The Morgan fingerprint density at radius 1 is 1.35 bits per heavy atom. The largest absolute Gasteiger partial charge is 0.432 e. The number of aromatic nitrogens is 1. The second kappa shape index (κ2) is 10.4. The molecule has 3 N–H and O–H groups in total. The lowest BCUT2D eigenvalue weighted by atomic mass is 10.1. The molecular formula is C15H19IN2O4S. The summed E-state index contributed by atoms with van der Waals surface area (Å²) >= 11 is 1.98. The number of aryl methyl sites for hydroxylation is 1. The second-order valence-electron chi connectivity index (χ2n) is 3.81. The predicted octanol–water partition coefficient (Wildman–Crippen LogP) is 2.54. The molecule has 0 aliphatic rings. The Hall–Kier alpha value is -1.41. The highest BCUT2D eigenvalue weighted by Crippen LogP contribution is 2.25. The lowest BCUT2D eigenvalue weighted by Crippen LogP contribution is -2.11. The molecule has 0 atom stereocenters. The molecule has 0 unspecified atom stereocenters. The summed E-state index contributed by atoms with van der Waals surface area (Å²) in [5, 5.41) is 12.7. The fourth-order valence-corrected chi connectivity index (χ4v) is 2.52. The Bertz CT molecular complexity index is 747. The fourth-order valence-electron chi connectivity index (χ4n) is 1.43. The summed E-state index contributed by atoms with van der Waals surface area (Å²) in [4.78, 5) is 4.21. The van der Waals surface area contributed by atoms with Gasteiger partial charge < -0.3 is 9.52 Å². The van der Waals surface area contributed by atoms with Gasteiger partial charge in [0.05, 0.1) is 10.6 Å². The van der Waals surface area contributed by atoms with Crippen LogP contribution in [-0.2, 0) is 10.0 Å². The first-order chi connectivity index (χ1) is 10.8. The molecule has 126 valence electrons. The van der Waals surface area contributed by atoms with Gasteiger partial charge >= 0.3 is 0 Å². The number of hydrogen-bond acceptors (Lipinski definition) is 5. The van der Waals surface area contributed by atoms with Gasteiger partial charge in [0.25, 0.3) is 3.90 Å². The molecule has 0 amide bonds. The Labute approximate surface area is 150 Å². The zero-order valence-electron chi connectivity index (χ0n) is 13.1. The van der Waals surface area contributed by atoms with E-state index >= 15 is 0 Å². The molecule has 0 fully saturated rings. The molecule has 0 spiro atoms. The molecule has 0 radical (unpaired) electrons. The zero-order valence-corrected chi connectivity index (χ0v) is 16.1. The van der Waals surface area contributed by atoms with Gasteiger partial charge in [0, 0.05) is 28.2 Å². The molecule has 0 saturated heterocycles. The van der Waals surface area contributed by atoms with E-state index in [0.29, 0.717) is 9.66 Å². The minimum Gasteiger partial charge on any atom is -0.432 e. The molecule has 0 aliphatic heterocycles. The molecule has 0 bridgehead atoms. The summed E-state index contributed by atoms with van der Waals surface area (Å²) in [5.41, 5.74) is 1.53. The van der Waals surface area contributed by atoms with Crippen molar-refractivity contribution in [3.05, 3.63) is 33.9 Å². The number of primary sulfonamides is 1. The first-order valence-electron chi connectivity index (χ1n) is 6.60. The first kappa shape index (κ1) is 21.6.